The third-order valence-electron chi connectivity index (χ3n) is 3.47. The molecule has 0 unspecified atom stereocenters. The average molecular weight is 362 g/mol. The molecule has 0 aromatic carbocycles. The Labute approximate surface area is 131 Å². The third kappa shape index (κ3) is 5.25. The third-order valence-corrected chi connectivity index (χ3v) is 5.23. The van der Waals surface area contributed by atoms with Crippen molar-refractivity contribution in [3.8, 4) is 0 Å². The zero-order chi connectivity index (χ0) is 15.2. The van der Waals surface area contributed by atoms with Crippen LogP contribution in [-0.4, -0.2) is 22.5 Å². The maximum atomic E-state index is 12.0. The number of rotatable bonds is 8. The number of hydrogen-bond donors (Lipinski definition) is 2. The second-order valence-corrected chi connectivity index (χ2v) is 6.75. The van der Waals surface area contributed by atoms with Gasteiger partial charge in [-0.2, -0.15) is 0 Å². The predicted octanol–water partition coefficient (Wildman–Crippen LogP) is 3.59. The lowest BCUT2D eigenvalue weighted by atomic mass is 9.88. The van der Waals surface area contributed by atoms with Crippen LogP contribution in [0.25, 0.3) is 0 Å². The summed E-state index contributed by atoms with van der Waals surface area (Å²) in [5.41, 5.74) is -0.626. The highest BCUT2D eigenvalue weighted by Crippen LogP contribution is 2.22. The zero-order valence-corrected chi connectivity index (χ0v) is 14.1. The Kier molecular flexibility index (Phi) is 6.68. The van der Waals surface area contributed by atoms with Crippen LogP contribution >= 0.6 is 27.3 Å². The van der Waals surface area contributed by atoms with E-state index in [0.29, 0.717) is 25.7 Å². The van der Waals surface area contributed by atoms with E-state index in [2.05, 4.69) is 21.2 Å². The lowest BCUT2D eigenvalue weighted by Gasteiger charge is -2.31. The van der Waals surface area contributed by atoms with Gasteiger partial charge in [-0.1, -0.05) is 13.8 Å². The molecule has 0 saturated heterocycles. The molecule has 1 aromatic rings. The summed E-state index contributed by atoms with van der Waals surface area (Å²) in [6.07, 6.45) is 2.27. The van der Waals surface area contributed by atoms with Crippen LogP contribution in [0, 0.1) is 0 Å². The van der Waals surface area contributed by atoms with Crippen LogP contribution in [0.15, 0.2) is 15.9 Å². The molecule has 2 N–H and O–H groups in total. The molecular weight excluding hydrogens is 342 g/mol. The standard InChI is InChI=1S/C14H20BrNO3S/c1-3-14(4-2,8-13(18)19)16-12(17)6-5-11-7-10(15)9-20-11/h7,9H,3-6,8H2,1-2H3,(H,16,17)(H,18,19). The molecule has 1 aromatic heterocycles. The predicted molar refractivity (Wildman–Crippen MR) is 84.0 cm³/mol. The van der Waals surface area contributed by atoms with Gasteiger partial charge in [0.2, 0.25) is 5.91 Å². The minimum atomic E-state index is -0.879. The SMILES string of the molecule is CCC(CC)(CC(=O)O)NC(=O)CCc1cc(Br)cs1. The van der Waals surface area contributed by atoms with E-state index in [0.717, 1.165) is 9.35 Å². The Bertz CT molecular complexity index is 469. The number of thiophene rings is 1. The quantitative estimate of drug-likeness (QED) is 0.743. The maximum absolute atomic E-state index is 12.0. The summed E-state index contributed by atoms with van der Waals surface area (Å²) in [6, 6.07) is 2.00. The van der Waals surface area contributed by atoms with Crippen molar-refractivity contribution in [1.29, 1.82) is 0 Å². The number of carboxylic acids is 1. The summed E-state index contributed by atoms with van der Waals surface area (Å²) in [6.45, 7) is 3.81. The van der Waals surface area contributed by atoms with E-state index >= 15 is 0 Å². The molecule has 0 aliphatic carbocycles. The molecule has 1 rings (SSSR count). The van der Waals surface area contributed by atoms with E-state index in [1.807, 2.05) is 25.3 Å². The van der Waals surface area contributed by atoms with Crippen molar-refractivity contribution in [2.45, 2.75) is 51.5 Å². The van der Waals surface area contributed by atoms with Crippen molar-refractivity contribution < 1.29 is 14.7 Å². The second-order valence-electron chi connectivity index (χ2n) is 4.84. The molecule has 0 aliphatic heterocycles. The molecule has 0 bridgehead atoms. The van der Waals surface area contributed by atoms with Gasteiger partial charge in [0, 0.05) is 26.7 Å². The Morgan fingerprint density at radius 1 is 1.40 bits per heavy atom. The second kappa shape index (κ2) is 7.78. The van der Waals surface area contributed by atoms with Crippen LogP contribution in [0.5, 0.6) is 0 Å². The van der Waals surface area contributed by atoms with E-state index in [-0.39, 0.29) is 12.3 Å². The number of aliphatic carboxylic acids is 1. The van der Waals surface area contributed by atoms with Crippen LogP contribution in [0.2, 0.25) is 0 Å². The molecule has 6 heteroatoms. The highest BCUT2D eigenvalue weighted by Gasteiger charge is 2.30. The number of carbonyl (C=O) groups is 2. The monoisotopic (exact) mass is 361 g/mol. The fourth-order valence-electron chi connectivity index (χ4n) is 2.09. The van der Waals surface area contributed by atoms with Gasteiger partial charge in [-0.05, 0) is 41.3 Å². The molecule has 0 atom stereocenters. The first-order valence-electron chi connectivity index (χ1n) is 6.66. The van der Waals surface area contributed by atoms with E-state index in [4.69, 9.17) is 5.11 Å². The molecule has 20 heavy (non-hydrogen) atoms. The van der Waals surface area contributed by atoms with Gasteiger partial charge in [0.25, 0.3) is 0 Å². The number of amides is 1. The number of carbonyl (C=O) groups excluding carboxylic acids is 1. The fraction of sp³-hybridized carbons (Fsp3) is 0.571. The lowest BCUT2D eigenvalue weighted by molar-refractivity contribution is -0.139. The van der Waals surface area contributed by atoms with Crippen molar-refractivity contribution in [3.63, 3.8) is 0 Å². The first-order chi connectivity index (χ1) is 9.40. The number of hydrogen-bond acceptors (Lipinski definition) is 3. The number of nitrogens with one attached hydrogen (secondary N) is 1. The van der Waals surface area contributed by atoms with Crippen LogP contribution in [0.3, 0.4) is 0 Å². The number of aryl methyl sites for hydroxylation is 1. The number of carboxylic acid groups (broad SMARTS) is 1. The summed E-state index contributed by atoms with van der Waals surface area (Å²) < 4.78 is 1.03. The van der Waals surface area contributed by atoms with Gasteiger partial charge < -0.3 is 10.4 Å². The molecule has 0 spiro atoms. The van der Waals surface area contributed by atoms with Crippen LogP contribution < -0.4 is 5.32 Å². The van der Waals surface area contributed by atoms with Gasteiger partial charge >= 0.3 is 5.97 Å². The van der Waals surface area contributed by atoms with Crippen molar-refractivity contribution in [3.05, 3.63) is 20.8 Å². The summed E-state index contributed by atoms with van der Waals surface area (Å²) in [5, 5.41) is 13.9. The van der Waals surface area contributed by atoms with Gasteiger partial charge in [0.15, 0.2) is 0 Å². The van der Waals surface area contributed by atoms with E-state index < -0.39 is 11.5 Å². The van der Waals surface area contributed by atoms with E-state index in [1.165, 1.54) is 0 Å². The highest BCUT2D eigenvalue weighted by molar-refractivity contribution is 9.10. The average Bonchev–Trinajstić information content (AvgIpc) is 2.81. The Morgan fingerprint density at radius 2 is 2.05 bits per heavy atom. The maximum Gasteiger partial charge on any atom is 0.305 e. The van der Waals surface area contributed by atoms with Gasteiger partial charge in [-0.3, -0.25) is 9.59 Å². The van der Waals surface area contributed by atoms with Crippen molar-refractivity contribution in [2.75, 3.05) is 0 Å². The largest absolute Gasteiger partial charge is 0.481 e. The van der Waals surface area contributed by atoms with Gasteiger partial charge in [0.05, 0.1) is 6.42 Å². The molecule has 4 nitrogen and oxygen atoms in total. The lowest BCUT2D eigenvalue weighted by Crippen LogP contribution is -2.49. The molecule has 1 amide bonds. The molecule has 0 radical (unpaired) electrons. The molecule has 0 saturated carbocycles. The smallest absolute Gasteiger partial charge is 0.305 e. The Balaban J connectivity index is 2.55. The molecular formula is C14H20BrNO3S. The van der Waals surface area contributed by atoms with Crippen LogP contribution in [0.1, 0.15) is 44.4 Å². The van der Waals surface area contributed by atoms with E-state index in [1.54, 1.807) is 11.3 Å². The van der Waals surface area contributed by atoms with Gasteiger partial charge in [-0.25, -0.2) is 0 Å². The Morgan fingerprint density at radius 3 is 2.50 bits per heavy atom. The van der Waals surface area contributed by atoms with Crippen molar-refractivity contribution in [1.82, 2.24) is 5.32 Å². The minimum Gasteiger partial charge on any atom is -0.481 e. The van der Waals surface area contributed by atoms with Crippen molar-refractivity contribution in [2.24, 2.45) is 0 Å². The molecule has 112 valence electrons. The summed E-state index contributed by atoms with van der Waals surface area (Å²) in [7, 11) is 0. The molecule has 0 aliphatic rings. The van der Waals surface area contributed by atoms with Crippen molar-refractivity contribution >= 4 is 39.1 Å². The highest BCUT2D eigenvalue weighted by atomic mass is 79.9. The van der Waals surface area contributed by atoms with Crippen LogP contribution in [0.4, 0.5) is 0 Å². The first kappa shape index (κ1) is 17.2. The summed E-state index contributed by atoms with van der Waals surface area (Å²) in [4.78, 5) is 24.1. The van der Waals surface area contributed by atoms with E-state index in [9.17, 15) is 9.59 Å². The zero-order valence-electron chi connectivity index (χ0n) is 11.7. The summed E-state index contributed by atoms with van der Waals surface area (Å²) >= 11 is 4.99. The van der Waals surface area contributed by atoms with Crippen LogP contribution in [-0.2, 0) is 16.0 Å². The van der Waals surface area contributed by atoms with Gasteiger partial charge in [-0.15, -0.1) is 11.3 Å². The molecule has 0 fully saturated rings. The summed E-state index contributed by atoms with van der Waals surface area (Å²) in [5.74, 6) is -0.962. The first-order valence-corrected chi connectivity index (χ1v) is 8.33. The topological polar surface area (TPSA) is 66.4 Å². The minimum absolute atomic E-state index is 0.0315. The fourth-order valence-corrected chi connectivity index (χ4v) is 3.55. The van der Waals surface area contributed by atoms with Gasteiger partial charge in [0.1, 0.15) is 0 Å². The number of halogens is 1. The molecule has 1 heterocycles. The Hall–Kier alpha value is -0.880. The normalized spacial score (nSPS) is 11.3.